The van der Waals surface area contributed by atoms with Gasteiger partial charge in [0.1, 0.15) is 11.5 Å². The maximum Gasteiger partial charge on any atom is 0.262 e. The lowest BCUT2D eigenvalue weighted by molar-refractivity contribution is 0.0985. The Morgan fingerprint density at radius 3 is 2.50 bits per heavy atom. The number of nitrogens with zero attached hydrogens (tertiary/aromatic N) is 1. The molecule has 0 aromatic heterocycles. The van der Waals surface area contributed by atoms with E-state index in [9.17, 15) is 9.59 Å². The summed E-state index contributed by atoms with van der Waals surface area (Å²) in [6.07, 6.45) is 0. The molecule has 30 heavy (non-hydrogen) atoms. The zero-order chi connectivity index (χ0) is 21.1. The first-order chi connectivity index (χ1) is 14.6. The summed E-state index contributed by atoms with van der Waals surface area (Å²) in [7, 11) is 0. The number of amides is 2. The number of nitrogens with one attached hydrogen (secondary N) is 1. The Labute approximate surface area is 175 Å². The van der Waals surface area contributed by atoms with Crippen LogP contribution in [0, 0.1) is 0 Å². The van der Waals surface area contributed by atoms with Crippen molar-refractivity contribution in [1.29, 1.82) is 0 Å². The van der Waals surface area contributed by atoms with Crippen LogP contribution in [0.3, 0.4) is 0 Å². The van der Waals surface area contributed by atoms with Crippen molar-refractivity contribution in [3.63, 3.8) is 0 Å². The summed E-state index contributed by atoms with van der Waals surface area (Å²) in [6.45, 7) is 4.89. The molecule has 4 rings (SSSR count). The molecule has 3 aromatic rings. The molecule has 2 amide bonds. The van der Waals surface area contributed by atoms with Gasteiger partial charge in [0.05, 0.1) is 17.9 Å². The molecule has 0 bridgehead atoms. The molecule has 0 saturated carbocycles. The highest BCUT2D eigenvalue weighted by atomic mass is 16.5. The molecule has 6 nitrogen and oxygen atoms in total. The minimum atomic E-state index is -0.268. The highest BCUT2D eigenvalue weighted by Gasteiger charge is 2.27. The van der Waals surface area contributed by atoms with Gasteiger partial charge in [0, 0.05) is 17.8 Å². The van der Waals surface area contributed by atoms with Gasteiger partial charge >= 0.3 is 0 Å². The molecule has 1 heterocycles. The van der Waals surface area contributed by atoms with Crippen LogP contribution >= 0.6 is 0 Å². The second kappa shape index (κ2) is 8.29. The van der Waals surface area contributed by atoms with E-state index >= 15 is 0 Å². The molecule has 0 atom stereocenters. The van der Waals surface area contributed by atoms with Crippen molar-refractivity contribution in [2.45, 2.75) is 13.8 Å². The Morgan fingerprint density at radius 1 is 1.00 bits per heavy atom. The third-order valence-corrected chi connectivity index (χ3v) is 4.83. The topological polar surface area (TPSA) is 67.9 Å². The highest BCUT2D eigenvalue weighted by Crippen LogP contribution is 2.39. The Bertz CT molecular complexity index is 1090. The monoisotopic (exact) mass is 402 g/mol. The lowest BCUT2D eigenvalue weighted by atomic mass is 10.1. The van der Waals surface area contributed by atoms with Gasteiger partial charge in [-0.2, -0.15) is 0 Å². The first-order valence-corrected chi connectivity index (χ1v) is 9.87. The van der Waals surface area contributed by atoms with Gasteiger partial charge in [0.15, 0.2) is 5.75 Å². The second-order valence-corrected chi connectivity index (χ2v) is 6.74. The van der Waals surface area contributed by atoms with Crippen LogP contribution in [0.25, 0.3) is 0 Å². The van der Waals surface area contributed by atoms with E-state index in [0.717, 1.165) is 5.69 Å². The van der Waals surface area contributed by atoms with E-state index in [1.807, 2.05) is 38.1 Å². The molecule has 0 spiro atoms. The molecule has 1 aliphatic rings. The van der Waals surface area contributed by atoms with Gasteiger partial charge in [-0.15, -0.1) is 0 Å². The summed E-state index contributed by atoms with van der Waals surface area (Å²) >= 11 is 0. The Hall–Kier alpha value is -3.80. The summed E-state index contributed by atoms with van der Waals surface area (Å²) in [5, 5.41) is 2.85. The van der Waals surface area contributed by atoms with Crippen LogP contribution in [0.4, 0.5) is 11.4 Å². The molecule has 0 saturated heterocycles. The fraction of sp³-hybridized carbons (Fsp3) is 0.167. The maximum absolute atomic E-state index is 13.2. The number of rotatable bonds is 5. The zero-order valence-electron chi connectivity index (χ0n) is 16.8. The number of para-hydroxylation sites is 2. The van der Waals surface area contributed by atoms with Crippen LogP contribution in [0.1, 0.15) is 34.6 Å². The van der Waals surface area contributed by atoms with Crippen molar-refractivity contribution in [2.24, 2.45) is 0 Å². The summed E-state index contributed by atoms with van der Waals surface area (Å²) < 4.78 is 11.4. The molecule has 1 N–H and O–H groups in total. The molecule has 0 aliphatic carbocycles. The Balaban J connectivity index is 1.60. The van der Waals surface area contributed by atoms with Crippen molar-refractivity contribution >= 4 is 23.2 Å². The number of fused-ring (bicyclic) bond motifs is 2. The number of ether oxygens (including phenoxy) is 2. The van der Waals surface area contributed by atoms with Crippen molar-refractivity contribution < 1.29 is 19.1 Å². The van der Waals surface area contributed by atoms with Crippen LogP contribution < -0.4 is 19.7 Å². The van der Waals surface area contributed by atoms with Crippen LogP contribution in [0.5, 0.6) is 17.2 Å². The largest absolute Gasteiger partial charge is 0.494 e. The van der Waals surface area contributed by atoms with Gasteiger partial charge < -0.3 is 19.7 Å². The first-order valence-electron chi connectivity index (χ1n) is 9.87. The van der Waals surface area contributed by atoms with E-state index in [0.29, 0.717) is 47.2 Å². The standard InChI is InChI=1S/C24H22N2O4/c1-3-26-20-7-5-6-8-22(20)30-21-14-11-17(15-19(21)24(26)28)25-23(27)16-9-12-18(13-10-16)29-4-2/h5-15H,3-4H2,1-2H3,(H,25,27). The van der Waals surface area contributed by atoms with E-state index in [2.05, 4.69) is 5.32 Å². The first kappa shape index (κ1) is 19.5. The van der Waals surface area contributed by atoms with Crippen molar-refractivity contribution in [2.75, 3.05) is 23.4 Å². The highest BCUT2D eigenvalue weighted by molar-refractivity contribution is 6.11. The van der Waals surface area contributed by atoms with Gasteiger partial charge in [-0.05, 0) is 68.4 Å². The average Bonchev–Trinajstić information content (AvgIpc) is 2.88. The number of hydrogen-bond acceptors (Lipinski definition) is 4. The lowest BCUT2D eigenvalue weighted by Crippen LogP contribution is -2.29. The average molecular weight is 402 g/mol. The number of anilines is 2. The SMILES string of the molecule is CCOc1ccc(C(=O)Nc2ccc3c(c2)C(=O)N(CC)c2ccccc2O3)cc1. The molecule has 0 fully saturated rings. The van der Waals surface area contributed by atoms with Crippen LogP contribution in [0.15, 0.2) is 66.7 Å². The van der Waals surface area contributed by atoms with Crippen molar-refractivity contribution in [1.82, 2.24) is 0 Å². The van der Waals surface area contributed by atoms with Crippen LogP contribution in [0.2, 0.25) is 0 Å². The van der Waals surface area contributed by atoms with Gasteiger partial charge in [0.2, 0.25) is 0 Å². The molecule has 1 aliphatic heterocycles. The Kier molecular flexibility index (Phi) is 5.39. The zero-order valence-corrected chi connectivity index (χ0v) is 16.8. The van der Waals surface area contributed by atoms with Crippen LogP contribution in [-0.4, -0.2) is 25.0 Å². The molecule has 0 radical (unpaired) electrons. The normalized spacial score (nSPS) is 12.3. The summed E-state index contributed by atoms with van der Waals surface area (Å²) in [5.41, 5.74) is 2.14. The van der Waals surface area contributed by atoms with E-state index < -0.39 is 0 Å². The van der Waals surface area contributed by atoms with Crippen molar-refractivity contribution in [3.05, 3.63) is 77.9 Å². The molecule has 3 aromatic carbocycles. The van der Waals surface area contributed by atoms with Gasteiger partial charge in [-0.1, -0.05) is 12.1 Å². The van der Waals surface area contributed by atoms with E-state index in [1.165, 1.54) is 0 Å². The summed E-state index contributed by atoms with van der Waals surface area (Å²) in [5.74, 6) is 1.35. The van der Waals surface area contributed by atoms with Gasteiger partial charge in [-0.25, -0.2) is 0 Å². The second-order valence-electron chi connectivity index (χ2n) is 6.74. The minimum Gasteiger partial charge on any atom is -0.494 e. The van der Waals surface area contributed by atoms with Gasteiger partial charge in [0.25, 0.3) is 11.8 Å². The third kappa shape index (κ3) is 3.72. The van der Waals surface area contributed by atoms with Crippen molar-refractivity contribution in [3.8, 4) is 17.2 Å². The number of carbonyl (C=O) groups excluding carboxylic acids is 2. The third-order valence-electron chi connectivity index (χ3n) is 4.83. The smallest absolute Gasteiger partial charge is 0.262 e. The number of benzene rings is 3. The summed E-state index contributed by atoms with van der Waals surface area (Å²) in [6, 6.07) is 19.4. The molecule has 0 unspecified atom stereocenters. The molecular formula is C24H22N2O4. The number of hydrogen-bond donors (Lipinski definition) is 1. The Morgan fingerprint density at radius 2 is 1.77 bits per heavy atom. The van der Waals surface area contributed by atoms with E-state index in [-0.39, 0.29) is 11.8 Å². The lowest BCUT2D eigenvalue weighted by Gasteiger charge is -2.19. The fourth-order valence-electron chi connectivity index (χ4n) is 3.39. The maximum atomic E-state index is 13.2. The summed E-state index contributed by atoms with van der Waals surface area (Å²) in [4.78, 5) is 27.4. The fourth-order valence-corrected chi connectivity index (χ4v) is 3.39. The predicted molar refractivity (Wildman–Crippen MR) is 116 cm³/mol. The van der Waals surface area contributed by atoms with Gasteiger partial charge in [-0.3, -0.25) is 9.59 Å². The minimum absolute atomic E-state index is 0.172. The quantitative estimate of drug-likeness (QED) is 0.644. The van der Waals surface area contributed by atoms with Crippen LogP contribution in [-0.2, 0) is 0 Å². The predicted octanol–water partition coefficient (Wildman–Crippen LogP) is 5.11. The molecular weight excluding hydrogens is 380 g/mol. The molecule has 152 valence electrons. The molecule has 6 heteroatoms. The number of carbonyl (C=O) groups is 2. The van der Waals surface area contributed by atoms with E-state index in [1.54, 1.807) is 47.4 Å². The van der Waals surface area contributed by atoms with E-state index in [4.69, 9.17) is 9.47 Å².